The molecular formula is C8H5BrF2O2S. The van der Waals surface area contributed by atoms with Gasteiger partial charge in [0.1, 0.15) is 0 Å². The zero-order valence-electron chi connectivity index (χ0n) is 6.71. The van der Waals surface area contributed by atoms with Gasteiger partial charge in [-0.25, -0.2) is 4.79 Å². The highest BCUT2D eigenvalue weighted by Gasteiger charge is 2.11. The minimum absolute atomic E-state index is 0.0179. The molecule has 2 nitrogen and oxygen atoms in total. The molecule has 0 unspecified atom stereocenters. The van der Waals surface area contributed by atoms with E-state index in [0.29, 0.717) is 16.2 Å². The highest BCUT2D eigenvalue weighted by atomic mass is 79.9. The lowest BCUT2D eigenvalue weighted by Crippen LogP contribution is -1.97. The molecule has 6 heteroatoms. The summed E-state index contributed by atoms with van der Waals surface area (Å²) in [5, 5.41) is 8.70. The van der Waals surface area contributed by atoms with E-state index in [9.17, 15) is 13.6 Å². The number of rotatable bonds is 3. The Morgan fingerprint density at radius 3 is 2.64 bits per heavy atom. The summed E-state index contributed by atoms with van der Waals surface area (Å²) in [6.07, 6.45) is 0. The zero-order valence-corrected chi connectivity index (χ0v) is 9.11. The highest BCUT2D eigenvalue weighted by Crippen LogP contribution is 2.28. The molecule has 0 bridgehead atoms. The predicted molar refractivity (Wildman–Crippen MR) is 53.0 cm³/mol. The highest BCUT2D eigenvalue weighted by molar-refractivity contribution is 9.10. The number of thioether (sulfide) groups is 1. The number of carboxylic acid groups (broad SMARTS) is 1. The number of carbonyl (C=O) groups is 1. The molecule has 1 N–H and O–H groups in total. The minimum atomic E-state index is -2.54. The van der Waals surface area contributed by atoms with Crippen LogP contribution >= 0.6 is 27.7 Å². The fraction of sp³-hybridized carbons (Fsp3) is 0.125. The zero-order chi connectivity index (χ0) is 10.7. The van der Waals surface area contributed by atoms with Gasteiger partial charge in [0, 0.05) is 9.37 Å². The second kappa shape index (κ2) is 4.75. The summed E-state index contributed by atoms with van der Waals surface area (Å²) in [5.41, 5.74) is -0.0179. The molecule has 0 saturated carbocycles. The Morgan fingerprint density at radius 2 is 2.14 bits per heavy atom. The van der Waals surface area contributed by atoms with E-state index in [1.165, 1.54) is 18.2 Å². The van der Waals surface area contributed by atoms with Gasteiger partial charge in [0.15, 0.2) is 0 Å². The summed E-state index contributed by atoms with van der Waals surface area (Å²) in [5.74, 6) is -3.69. The molecule has 1 rings (SSSR count). The van der Waals surface area contributed by atoms with E-state index < -0.39 is 11.7 Å². The molecule has 0 aliphatic heterocycles. The number of alkyl halides is 2. The molecule has 0 fully saturated rings. The SMILES string of the molecule is O=C(O)c1cc(SC(F)F)ccc1Br. The Balaban J connectivity index is 3.00. The maximum absolute atomic E-state index is 12.0. The van der Waals surface area contributed by atoms with Crippen molar-refractivity contribution in [3.05, 3.63) is 28.2 Å². The first-order valence-corrected chi connectivity index (χ1v) is 5.15. The average Bonchev–Trinajstić information content (AvgIpc) is 2.07. The van der Waals surface area contributed by atoms with Crippen molar-refractivity contribution < 1.29 is 18.7 Å². The van der Waals surface area contributed by atoms with E-state index in [1.54, 1.807) is 0 Å². The lowest BCUT2D eigenvalue weighted by molar-refractivity contribution is 0.0695. The van der Waals surface area contributed by atoms with Crippen molar-refractivity contribution in [3.8, 4) is 0 Å². The minimum Gasteiger partial charge on any atom is -0.478 e. The van der Waals surface area contributed by atoms with Crippen molar-refractivity contribution in [1.29, 1.82) is 0 Å². The third kappa shape index (κ3) is 2.95. The molecule has 0 saturated heterocycles. The van der Waals surface area contributed by atoms with Gasteiger partial charge in [0.05, 0.1) is 5.56 Å². The normalized spacial score (nSPS) is 10.6. The van der Waals surface area contributed by atoms with Crippen LogP contribution in [0.1, 0.15) is 10.4 Å². The largest absolute Gasteiger partial charge is 0.478 e. The van der Waals surface area contributed by atoms with Gasteiger partial charge in [0.25, 0.3) is 5.76 Å². The average molecular weight is 283 g/mol. The Kier molecular flexibility index (Phi) is 3.88. The molecule has 1 aromatic rings. The van der Waals surface area contributed by atoms with Crippen LogP contribution in [0.15, 0.2) is 27.6 Å². The van der Waals surface area contributed by atoms with E-state index >= 15 is 0 Å². The van der Waals surface area contributed by atoms with Gasteiger partial charge in [-0.1, -0.05) is 11.8 Å². The van der Waals surface area contributed by atoms with Crippen LogP contribution in [0.25, 0.3) is 0 Å². The van der Waals surface area contributed by atoms with Gasteiger partial charge in [-0.05, 0) is 34.1 Å². The summed E-state index contributed by atoms with van der Waals surface area (Å²) in [6.45, 7) is 0. The second-order valence-electron chi connectivity index (χ2n) is 2.33. The lowest BCUT2D eigenvalue weighted by Gasteiger charge is -2.03. The molecule has 0 spiro atoms. The van der Waals surface area contributed by atoms with Gasteiger partial charge in [0.2, 0.25) is 0 Å². The Morgan fingerprint density at radius 1 is 1.50 bits per heavy atom. The lowest BCUT2D eigenvalue weighted by atomic mass is 10.2. The van der Waals surface area contributed by atoms with Crippen molar-refractivity contribution in [2.75, 3.05) is 0 Å². The van der Waals surface area contributed by atoms with E-state index in [2.05, 4.69) is 15.9 Å². The van der Waals surface area contributed by atoms with Crippen molar-refractivity contribution in [3.63, 3.8) is 0 Å². The topological polar surface area (TPSA) is 37.3 Å². The Bertz CT molecular complexity index is 357. The number of carboxylic acids is 1. The van der Waals surface area contributed by atoms with Crippen molar-refractivity contribution >= 4 is 33.7 Å². The molecule has 0 aromatic heterocycles. The molecule has 0 aliphatic rings. The number of aromatic carboxylic acids is 1. The molecule has 0 radical (unpaired) electrons. The van der Waals surface area contributed by atoms with E-state index in [4.69, 9.17) is 5.11 Å². The maximum Gasteiger partial charge on any atom is 0.336 e. The van der Waals surface area contributed by atoms with Gasteiger partial charge in [-0.3, -0.25) is 0 Å². The number of hydrogen-bond acceptors (Lipinski definition) is 2. The third-order valence-corrected chi connectivity index (χ3v) is 2.79. The fourth-order valence-corrected chi connectivity index (χ4v) is 1.80. The van der Waals surface area contributed by atoms with Crippen LogP contribution in [-0.2, 0) is 0 Å². The molecular weight excluding hydrogens is 278 g/mol. The van der Waals surface area contributed by atoms with Crippen LogP contribution in [0, 0.1) is 0 Å². The summed E-state index contributed by atoms with van der Waals surface area (Å²) < 4.78 is 24.3. The van der Waals surface area contributed by atoms with Gasteiger partial charge in [-0.15, -0.1) is 0 Å². The standard InChI is InChI=1S/C8H5BrF2O2S/c9-6-2-1-4(14-8(10)11)3-5(6)7(12)13/h1-3,8H,(H,12,13). The van der Waals surface area contributed by atoms with Crippen molar-refractivity contribution in [2.45, 2.75) is 10.7 Å². The summed E-state index contributed by atoms with van der Waals surface area (Å²) in [4.78, 5) is 10.9. The first-order valence-electron chi connectivity index (χ1n) is 3.48. The van der Waals surface area contributed by atoms with E-state index in [-0.39, 0.29) is 10.5 Å². The van der Waals surface area contributed by atoms with E-state index in [0.717, 1.165) is 0 Å². The van der Waals surface area contributed by atoms with Crippen molar-refractivity contribution in [2.24, 2.45) is 0 Å². The van der Waals surface area contributed by atoms with E-state index in [1.807, 2.05) is 0 Å². The summed E-state index contributed by atoms with van der Waals surface area (Å²) >= 11 is 3.34. The summed E-state index contributed by atoms with van der Waals surface area (Å²) in [6, 6.07) is 4.09. The molecule has 14 heavy (non-hydrogen) atoms. The number of benzene rings is 1. The first kappa shape index (κ1) is 11.5. The second-order valence-corrected chi connectivity index (χ2v) is 4.24. The Labute approximate surface area is 91.4 Å². The van der Waals surface area contributed by atoms with Crippen LogP contribution in [0.5, 0.6) is 0 Å². The molecule has 1 aromatic carbocycles. The van der Waals surface area contributed by atoms with Gasteiger partial charge in [-0.2, -0.15) is 8.78 Å². The molecule has 0 atom stereocenters. The summed E-state index contributed by atoms with van der Waals surface area (Å²) in [7, 11) is 0. The van der Waals surface area contributed by atoms with Crippen LogP contribution in [0.3, 0.4) is 0 Å². The molecule has 0 amide bonds. The third-order valence-electron chi connectivity index (χ3n) is 1.39. The van der Waals surface area contributed by atoms with Crippen LogP contribution in [-0.4, -0.2) is 16.8 Å². The predicted octanol–water partition coefficient (Wildman–Crippen LogP) is 3.46. The van der Waals surface area contributed by atoms with Gasteiger partial charge < -0.3 is 5.11 Å². The van der Waals surface area contributed by atoms with Crippen LogP contribution in [0.2, 0.25) is 0 Å². The smallest absolute Gasteiger partial charge is 0.336 e. The quantitative estimate of drug-likeness (QED) is 0.863. The first-order chi connectivity index (χ1) is 6.50. The molecule has 0 heterocycles. The number of hydrogen-bond donors (Lipinski definition) is 1. The molecule has 76 valence electrons. The maximum atomic E-state index is 12.0. The monoisotopic (exact) mass is 282 g/mol. The number of halogens is 3. The van der Waals surface area contributed by atoms with Crippen molar-refractivity contribution in [1.82, 2.24) is 0 Å². The van der Waals surface area contributed by atoms with Crippen LogP contribution < -0.4 is 0 Å². The fourth-order valence-electron chi connectivity index (χ4n) is 0.844. The Hall–Kier alpha value is -0.620. The molecule has 0 aliphatic carbocycles. The van der Waals surface area contributed by atoms with Gasteiger partial charge >= 0.3 is 5.97 Å². The van der Waals surface area contributed by atoms with Crippen LogP contribution in [0.4, 0.5) is 8.78 Å².